The molecule has 1 aromatic carbocycles. The van der Waals surface area contributed by atoms with Gasteiger partial charge in [0, 0.05) is 29.1 Å². The molecule has 0 aliphatic heterocycles. The van der Waals surface area contributed by atoms with Crippen LogP contribution in [0.3, 0.4) is 0 Å². The van der Waals surface area contributed by atoms with Crippen molar-refractivity contribution in [3.63, 3.8) is 0 Å². The minimum absolute atomic E-state index is 0.0380. The highest BCUT2D eigenvalue weighted by Crippen LogP contribution is 2.32. The first-order valence-electron chi connectivity index (χ1n) is 11.9. The molecule has 0 fully saturated rings. The maximum Gasteiger partial charge on any atom is 0.233 e. The van der Waals surface area contributed by atoms with E-state index < -0.39 is 0 Å². The molecule has 0 N–H and O–H groups in total. The van der Waals surface area contributed by atoms with Crippen LogP contribution in [0.15, 0.2) is 48.8 Å². The van der Waals surface area contributed by atoms with Gasteiger partial charge in [-0.25, -0.2) is 0 Å². The van der Waals surface area contributed by atoms with Crippen molar-refractivity contribution in [3.05, 3.63) is 65.5 Å². The summed E-state index contributed by atoms with van der Waals surface area (Å²) in [7, 11) is 0. The second-order valence-electron chi connectivity index (χ2n) is 9.12. The summed E-state index contributed by atoms with van der Waals surface area (Å²) in [5.41, 5.74) is 6.66. The summed E-state index contributed by atoms with van der Waals surface area (Å²) in [5, 5.41) is 9.77. The monoisotopic (exact) mass is 456 g/mol. The molecule has 0 aliphatic rings. The maximum absolute atomic E-state index is 11.4. The lowest BCUT2D eigenvalue weighted by Crippen LogP contribution is -2.08. The van der Waals surface area contributed by atoms with E-state index >= 15 is 0 Å². The van der Waals surface area contributed by atoms with Gasteiger partial charge in [-0.1, -0.05) is 25.1 Å². The number of fused-ring (bicyclic) bond motifs is 1. The Morgan fingerprint density at radius 1 is 1.09 bits per heavy atom. The van der Waals surface area contributed by atoms with Crippen molar-refractivity contribution < 1.29 is 9.53 Å². The number of hydrogen-bond acceptors (Lipinski definition) is 5. The number of carbonyl (C=O) groups excluding carboxylic acids is 1. The van der Waals surface area contributed by atoms with Gasteiger partial charge in [0.05, 0.1) is 23.5 Å². The number of ether oxygens (including phenoxy) is 1. The van der Waals surface area contributed by atoms with Gasteiger partial charge in [-0.05, 0) is 75.8 Å². The Bertz CT molecular complexity index is 1270. The number of aromatic nitrogens is 4. The average molecular weight is 457 g/mol. The number of aryl methyl sites for hydroxylation is 3. The van der Waals surface area contributed by atoms with Crippen molar-refractivity contribution >= 4 is 17.2 Å². The fourth-order valence-corrected chi connectivity index (χ4v) is 4.39. The van der Waals surface area contributed by atoms with E-state index in [1.54, 1.807) is 0 Å². The smallest absolute Gasteiger partial charge is 0.233 e. The van der Waals surface area contributed by atoms with Crippen molar-refractivity contribution in [1.82, 2.24) is 19.7 Å². The third-order valence-corrected chi connectivity index (χ3v) is 6.24. The molecule has 0 bridgehead atoms. The molecule has 1 atom stereocenters. The molecule has 1 unspecified atom stereocenters. The summed E-state index contributed by atoms with van der Waals surface area (Å²) >= 11 is 0. The second-order valence-corrected chi connectivity index (χ2v) is 9.12. The molecule has 4 aromatic rings. The first kappa shape index (κ1) is 23.6. The standard InChI is InChI=1S/C28H32N4O2/c1-6-21(17-33)10-11-22-16-32(26-12-13-27(31-30-26)34-18(2)3)25-15-29-24(14-23(22)25)28-19(4)8-7-9-20(28)5/h7-9,12-18,21H,6,10-11H2,1-5H3. The van der Waals surface area contributed by atoms with Crippen LogP contribution in [-0.4, -0.2) is 32.1 Å². The Hall–Kier alpha value is -3.54. The number of hydrogen-bond donors (Lipinski definition) is 0. The highest BCUT2D eigenvalue weighted by molar-refractivity contribution is 5.88. The van der Waals surface area contributed by atoms with Crippen LogP contribution in [-0.2, 0) is 11.2 Å². The first-order valence-corrected chi connectivity index (χ1v) is 11.9. The quantitative estimate of drug-likeness (QED) is 0.287. The fraction of sp³-hybridized carbons (Fsp3) is 0.357. The Balaban J connectivity index is 1.81. The van der Waals surface area contributed by atoms with E-state index in [2.05, 4.69) is 61.4 Å². The molecule has 0 aliphatic carbocycles. The van der Waals surface area contributed by atoms with Gasteiger partial charge in [0.25, 0.3) is 0 Å². The van der Waals surface area contributed by atoms with Crippen molar-refractivity contribution in [3.8, 4) is 23.0 Å². The lowest BCUT2D eigenvalue weighted by molar-refractivity contribution is -0.111. The summed E-state index contributed by atoms with van der Waals surface area (Å²) in [5.74, 6) is 1.27. The fourth-order valence-electron chi connectivity index (χ4n) is 4.39. The van der Waals surface area contributed by atoms with E-state index in [9.17, 15) is 4.79 Å². The molecule has 0 saturated carbocycles. The number of carbonyl (C=O) groups is 1. The van der Waals surface area contributed by atoms with Crippen LogP contribution in [0.4, 0.5) is 0 Å². The van der Waals surface area contributed by atoms with Crippen LogP contribution < -0.4 is 4.74 Å². The van der Waals surface area contributed by atoms with Gasteiger partial charge in [0.2, 0.25) is 5.88 Å². The third kappa shape index (κ3) is 4.86. The molecule has 3 aromatic heterocycles. The number of benzene rings is 1. The van der Waals surface area contributed by atoms with Gasteiger partial charge in [-0.15, -0.1) is 10.2 Å². The van der Waals surface area contributed by atoms with Gasteiger partial charge in [0.15, 0.2) is 5.82 Å². The molecule has 34 heavy (non-hydrogen) atoms. The molecule has 0 radical (unpaired) electrons. The van der Waals surface area contributed by atoms with Gasteiger partial charge in [-0.3, -0.25) is 9.55 Å². The van der Waals surface area contributed by atoms with Gasteiger partial charge in [-0.2, -0.15) is 0 Å². The topological polar surface area (TPSA) is 69.9 Å². The minimum atomic E-state index is 0.0380. The van der Waals surface area contributed by atoms with E-state index in [0.29, 0.717) is 11.7 Å². The molecule has 4 rings (SSSR count). The van der Waals surface area contributed by atoms with Crippen LogP contribution in [0.1, 0.15) is 50.3 Å². The predicted molar refractivity (Wildman–Crippen MR) is 135 cm³/mol. The Kier molecular flexibility index (Phi) is 7.06. The molecular formula is C28H32N4O2. The Morgan fingerprint density at radius 2 is 1.85 bits per heavy atom. The molecule has 6 heteroatoms. The molecule has 176 valence electrons. The molecule has 6 nitrogen and oxygen atoms in total. The minimum Gasteiger partial charge on any atom is -0.474 e. The Morgan fingerprint density at radius 3 is 2.47 bits per heavy atom. The largest absolute Gasteiger partial charge is 0.474 e. The van der Waals surface area contributed by atoms with Crippen LogP contribution in [0, 0.1) is 19.8 Å². The average Bonchev–Trinajstić information content (AvgIpc) is 3.18. The lowest BCUT2D eigenvalue weighted by Gasteiger charge is -2.11. The normalized spacial score (nSPS) is 12.3. The van der Waals surface area contributed by atoms with Crippen LogP contribution >= 0.6 is 0 Å². The van der Waals surface area contributed by atoms with E-state index in [1.165, 1.54) is 16.7 Å². The summed E-state index contributed by atoms with van der Waals surface area (Å²) in [4.78, 5) is 16.3. The van der Waals surface area contributed by atoms with E-state index in [-0.39, 0.29) is 12.0 Å². The maximum atomic E-state index is 11.4. The molecule has 0 saturated heterocycles. The van der Waals surface area contributed by atoms with Crippen LogP contribution in [0.2, 0.25) is 0 Å². The van der Waals surface area contributed by atoms with E-state index in [4.69, 9.17) is 9.72 Å². The molecular weight excluding hydrogens is 424 g/mol. The van der Waals surface area contributed by atoms with Crippen molar-refractivity contribution in [1.29, 1.82) is 0 Å². The third-order valence-electron chi connectivity index (χ3n) is 6.24. The van der Waals surface area contributed by atoms with Crippen molar-refractivity contribution in [2.75, 3.05) is 0 Å². The van der Waals surface area contributed by atoms with Crippen LogP contribution in [0.5, 0.6) is 5.88 Å². The zero-order chi connectivity index (χ0) is 24.2. The zero-order valence-electron chi connectivity index (χ0n) is 20.6. The second kappa shape index (κ2) is 10.2. The number of pyridine rings is 1. The Labute approximate surface area is 201 Å². The molecule has 3 heterocycles. The zero-order valence-corrected chi connectivity index (χ0v) is 20.6. The SMILES string of the molecule is CCC(C=O)CCc1cn(-c2ccc(OC(C)C)nn2)c2cnc(-c3c(C)cccc3C)cc12. The molecule has 0 amide bonds. The van der Waals surface area contributed by atoms with Crippen LogP contribution in [0.25, 0.3) is 28.0 Å². The summed E-state index contributed by atoms with van der Waals surface area (Å²) in [6.07, 6.45) is 7.59. The van der Waals surface area contributed by atoms with Crippen molar-refractivity contribution in [2.45, 2.75) is 60.0 Å². The summed E-state index contributed by atoms with van der Waals surface area (Å²) < 4.78 is 7.67. The number of aldehydes is 1. The van der Waals surface area contributed by atoms with E-state index in [1.807, 2.05) is 36.7 Å². The van der Waals surface area contributed by atoms with Gasteiger partial charge < -0.3 is 9.53 Å². The van der Waals surface area contributed by atoms with Crippen molar-refractivity contribution in [2.24, 2.45) is 5.92 Å². The number of nitrogens with zero attached hydrogens (tertiary/aromatic N) is 4. The van der Waals surface area contributed by atoms with Gasteiger partial charge >= 0.3 is 0 Å². The number of rotatable bonds is 9. The summed E-state index contributed by atoms with van der Waals surface area (Å²) in [6, 6.07) is 12.2. The predicted octanol–water partition coefficient (Wildman–Crippen LogP) is 6.04. The van der Waals surface area contributed by atoms with Gasteiger partial charge in [0.1, 0.15) is 6.29 Å². The molecule has 0 spiro atoms. The highest BCUT2D eigenvalue weighted by Gasteiger charge is 2.16. The first-order chi connectivity index (χ1) is 16.4. The lowest BCUT2D eigenvalue weighted by atomic mass is 9.96. The summed E-state index contributed by atoms with van der Waals surface area (Å²) in [6.45, 7) is 10.2. The van der Waals surface area contributed by atoms with E-state index in [0.717, 1.165) is 47.7 Å². The highest BCUT2D eigenvalue weighted by atomic mass is 16.5.